The van der Waals surface area contributed by atoms with Crippen LogP contribution >= 0.6 is 11.6 Å². The maximum absolute atomic E-state index is 12.7. The van der Waals surface area contributed by atoms with E-state index < -0.39 is 0 Å². The molecule has 0 aliphatic rings. The van der Waals surface area contributed by atoms with E-state index in [-0.39, 0.29) is 18.3 Å². The Morgan fingerprint density at radius 3 is 2.55 bits per heavy atom. The van der Waals surface area contributed by atoms with Crippen LogP contribution in [-0.4, -0.2) is 12.5 Å². The van der Waals surface area contributed by atoms with Crippen LogP contribution in [0.3, 0.4) is 0 Å². The highest BCUT2D eigenvalue weighted by Crippen LogP contribution is 2.22. The van der Waals surface area contributed by atoms with Crippen LogP contribution in [0.15, 0.2) is 48.5 Å². The van der Waals surface area contributed by atoms with Gasteiger partial charge in [-0.15, -0.1) is 0 Å². The third-order valence-corrected chi connectivity index (χ3v) is 2.91. The lowest BCUT2D eigenvalue weighted by atomic mass is 10.2. The van der Waals surface area contributed by atoms with Crippen molar-refractivity contribution in [2.45, 2.75) is 6.54 Å². The molecule has 0 unspecified atom stereocenters. The fourth-order valence-corrected chi connectivity index (χ4v) is 1.75. The SMILES string of the molecule is O=C(COc1ccccc1Cl)NCc1ccc(F)cc1. The van der Waals surface area contributed by atoms with Gasteiger partial charge in [-0.1, -0.05) is 35.9 Å². The number of para-hydroxylation sites is 1. The van der Waals surface area contributed by atoms with E-state index in [0.717, 1.165) is 5.56 Å². The Morgan fingerprint density at radius 1 is 1.15 bits per heavy atom. The van der Waals surface area contributed by atoms with E-state index in [1.807, 2.05) is 0 Å². The predicted molar refractivity (Wildman–Crippen MR) is 75.2 cm³/mol. The highest BCUT2D eigenvalue weighted by atomic mass is 35.5. The predicted octanol–water partition coefficient (Wildman–Crippen LogP) is 3.17. The summed E-state index contributed by atoms with van der Waals surface area (Å²) in [6.45, 7) is 0.204. The summed E-state index contributed by atoms with van der Waals surface area (Å²) in [4.78, 5) is 11.6. The van der Waals surface area contributed by atoms with Crippen molar-refractivity contribution in [2.24, 2.45) is 0 Å². The van der Waals surface area contributed by atoms with Gasteiger partial charge in [0.1, 0.15) is 11.6 Å². The van der Waals surface area contributed by atoms with Gasteiger partial charge in [0, 0.05) is 6.54 Å². The second-order valence-corrected chi connectivity index (χ2v) is 4.53. The highest BCUT2D eigenvalue weighted by Gasteiger charge is 2.05. The molecule has 0 aliphatic carbocycles. The number of carbonyl (C=O) groups is 1. The molecule has 104 valence electrons. The van der Waals surface area contributed by atoms with Crippen LogP contribution in [0.4, 0.5) is 4.39 Å². The first kappa shape index (κ1) is 14.3. The Bertz CT molecular complexity index is 587. The van der Waals surface area contributed by atoms with Gasteiger partial charge in [-0.05, 0) is 29.8 Å². The van der Waals surface area contributed by atoms with E-state index in [1.54, 1.807) is 36.4 Å². The second-order valence-electron chi connectivity index (χ2n) is 4.12. The van der Waals surface area contributed by atoms with E-state index in [1.165, 1.54) is 12.1 Å². The number of rotatable bonds is 5. The molecule has 0 saturated heterocycles. The summed E-state index contributed by atoms with van der Waals surface area (Å²) in [5.41, 5.74) is 0.817. The molecule has 0 spiro atoms. The topological polar surface area (TPSA) is 38.3 Å². The highest BCUT2D eigenvalue weighted by molar-refractivity contribution is 6.32. The summed E-state index contributed by atoms with van der Waals surface area (Å²) in [6.07, 6.45) is 0. The van der Waals surface area contributed by atoms with Crippen molar-refractivity contribution in [2.75, 3.05) is 6.61 Å². The van der Waals surface area contributed by atoms with Gasteiger partial charge in [0.15, 0.2) is 6.61 Å². The van der Waals surface area contributed by atoms with Gasteiger partial charge >= 0.3 is 0 Å². The average molecular weight is 294 g/mol. The van der Waals surface area contributed by atoms with Gasteiger partial charge in [0.05, 0.1) is 5.02 Å². The Kier molecular flexibility index (Phi) is 4.96. The standard InChI is InChI=1S/C15H13ClFNO2/c16-13-3-1-2-4-14(13)20-10-15(19)18-9-11-5-7-12(17)8-6-11/h1-8H,9-10H2,(H,18,19). The zero-order chi connectivity index (χ0) is 14.4. The first-order valence-electron chi connectivity index (χ1n) is 6.03. The third-order valence-electron chi connectivity index (χ3n) is 2.60. The number of nitrogens with one attached hydrogen (secondary N) is 1. The summed E-state index contributed by atoms with van der Waals surface area (Å²) in [7, 11) is 0. The van der Waals surface area contributed by atoms with Crippen LogP contribution in [0.1, 0.15) is 5.56 Å². The van der Waals surface area contributed by atoms with Crippen molar-refractivity contribution in [1.29, 1.82) is 0 Å². The monoisotopic (exact) mass is 293 g/mol. The van der Waals surface area contributed by atoms with Crippen LogP contribution in [0.25, 0.3) is 0 Å². The average Bonchev–Trinajstić information content (AvgIpc) is 2.46. The molecule has 2 rings (SSSR count). The molecule has 1 N–H and O–H groups in total. The Hall–Kier alpha value is -2.07. The van der Waals surface area contributed by atoms with E-state index >= 15 is 0 Å². The lowest BCUT2D eigenvalue weighted by Crippen LogP contribution is -2.28. The van der Waals surface area contributed by atoms with Gasteiger partial charge in [0.25, 0.3) is 5.91 Å². The number of ether oxygens (including phenoxy) is 1. The van der Waals surface area contributed by atoms with E-state index in [2.05, 4.69) is 5.32 Å². The van der Waals surface area contributed by atoms with Gasteiger partial charge in [0.2, 0.25) is 0 Å². The molecule has 0 bridgehead atoms. The molecule has 0 aromatic heterocycles. The largest absolute Gasteiger partial charge is 0.482 e. The molecule has 0 radical (unpaired) electrons. The van der Waals surface area contributed by atoms with Crippen LogP contribution in [-0.2, 0) is 11.3 Å². The fraction of sp³-hybridized carbons (Fsp3) is 0.133. The van der Waals surface area contributed by atoms with Crippen LogP contribution in [0.5, 0.6) is 5.75 Å². The van der Waals surface area contributed by atoms with E-state index in [9.17, 15) is 9.18 Å². The molecule has 2 aromatic rings. The maximum Gasteiger partial charge on any atom is 0.258 e. The summed E-state index contributed by atoms with van der Waals surface area (Å²) in [5.74, 6) is -0.109. The lowest BCUT2D eigenvalue weighted by Gasteiger charge is -2.08. The van der Waals surface area contributed by atoms with Gasteiger partial charge in [-0.2, -0.15) is 0 Å². The molecule has 5 heteroatoms. The zero-order valence-corrected chi connectivity index (χ0v) is 11.4. The third kappa shape index (κ3) is 4.24. The fourth-order valence-electron chi connectivity index (χ4n) is 1.56. The summed E-state index contributed by atoms with van der Waals surface area (Å²) >= 11 is 5.90. The number of hydrogen-bond donors (Lipinski definition) is 1. The minimum atomic E-state index is -0.304. The molecule has 1 amide bonds. The Labute approximate surface area is 121 Å². The van der Waals surface area contributed by atoms with Crippen molar-refractivity contribution in [3.63, 3.8) is 0 Å². The van der Waals surface area contributed by atoms with Crippen molar-refractivity contribution in [3.8, 4) is 5.75 Å². The van der Waals surface area contributed by atoms with Gasteiger partial charge in [-0.25, -0.2) is 4.39 Å². The molecular formula is C15H13ClFNO2. The molecule has 20 heavy (non-hydrogen) atoms. The van der Waals surface area contributed by atoms with E-state index in [0.29, 0.717) is 17.3 Å². The number of amides is 1. The smallest absolute Gasteiger partial charge is 0.258 e. The number of carbonyl (C=O) groups excluding carboxylic acids is 1. The zero-order valence-electron chi connectivity index (χ0n) is 10.6. The Morgan fingerprint density at radius 2 is 1.85 bits per heavy atom. The molecule has 0 fully saturated rings. The number of benzene rings is 2. The molecule has 0 saturated carbocycles. The summed E-state index contributed by atoms with van der Waals surface area (Å²) < 4.78 is 18.0. The van der Waals surface area contributed by atoms with Crippen LogP contribution in [0.2, 0.25) is 5.02 Å². The van der Waals surface area contributed by atoms with Gasteiger partial charge in [-0.3, -0.25) is 4.79 Å². The maximum atomic E-state index is 12.7. The number of halogens is 2. The number of hydrogen-bond acceptors (Lipinski definition) is 2. The molecule has 2 aromatic carbocycles. The minimum absolute atomic E-state index is 0.120. The molecule has 0 heterocycles. The second kappa shape index (κ2) is 6.91. The van der Waals surface area contributed by atoms with Crippen molar-refractivity contribution < 1.29 is 13.9 Å². The molecule has 0 atom stereocenters. The normalized spacial score (nSPS) is 10.1. The summed E-state index contributed by atoms with van der Waals surface area (Å²) in [5, 5.41) is 3.14. The lowest BCUT2D eigenvalue weighted by molar-refractivity contribution is -0.123. The molecular weight excluding hydrogens is 281 g/mol. The molecule has 3 nitrogen and oxygen atoms in total. The van der Waals surface area contributed by atoms with Gasteiger partial charge < -0.3 is 10.1 Å². The first-order valence-corrected chi connectivity index (χ1v) is 6.41. The van der Waals surface area contributed by atoms with Crippen molar-refractivity contribution in [3.05, 3.63) is 64.9 Å². The van der Waals surface area contributed by atoms with Crippen LogP contribution < -0.4 is 10.1 Å². The minimum Gasteiger partial charge on any atom is -0.482 e. The van der Waals surface area contributed by atoms with E-state index in [4.69, 9.17) is 16.3 Å². The van der Waals surface area contributed by atoms with Crippen molar-refractivity contribution in [1.82, 2.24) is 5.32 Å². The van der Waals surface area contributed by atoms with Crippen molar-refractivity contribution >= 4 is 17.5 Å². The Balaban J connectivity index is 1.78. The molecule has 0 aliphatic heterocycles. The van der Waals surface area contributed by atoms with Crippen LogP contribution in [0, 0.1) is 5.82 Å². The quantitative estimate of drug-likeness (QED) is 0.919. The summed E-state index contributed by atoms with van der Waals surface area (Å²) in [6, 6.07) is 12.9. The first-order chi connectivity index (χ1) is 9.65.